The molecule has 0 saturated carbocycles. The molecule has 124 valence electrons. The Labute approximate surface area is 170 Å². The largest absolute Gasteiger partial charge is 2.00 e. The van der Waals surface area contributed by atoms with E-state index in [9.17, 15) is 25.9 Å². The van der Waals surface area contributed by atoms with E-state index in [2.05, 4.69) is 0 Å². The predicted molar refractivity (Wildman–Crippen MR) is 83.0 cm³/mol. The molecule has 2 atom stereocenters. The molecule has 0 heterocycles. The summed E-state index contributed by atoms with van der Waals surface area (Å²) in [5.41, 5.74) is 0. The van der Waals surface area contributed by atoms with Crippen molar-refractivity contribution in [2.75, 3.05) is 0 Å². The minimum Gasteiger partial charge on any atom is -0.748 e. The molecule has 0 aliphatic heterocycles. The van der Waals surface area contributed by atoms with Gasteiger partial charge in [0.2, 0.25) is 0 Å². The van der Waals surface area contributed by atoms with Crippen LogP contribution >= 0.6 is 0 Å². The molecule has 0 radical (unpaired) electrons. The summed E-state index contributed by atoms with van der Waals surface area (Å²) in [6, 6.07) is 0. The van der Waals surface area contributed by atoms with E-state index in [0.29, 0.717) is 12.8 Å². The van der Waals surface area contributed by atoms with Crippen molar-refractivity contribution in [3.8, 4) is 0 Å². The SMILES string of the molecule is CC(C)C[C@H](C)S(=O)(=O)[O-].CC(C)C[C@H](C)S(=O)(=O)[O-].[Ba+2]. The van der Waals surface area contributed by atoms with Crippen molar-refractivity contribution in [2.45, 2.75) is 64.9 Å². The second-order valence-electron chi connectivity index (χ2n) is 5.87. The van der Waals surface area contributed by atoms with Gasteiger partial charge in [0.15, 0.2) is 0 Å². The molecule has 0 aliphatic rings. The van der Waals surface area contributed by atoms with Gasteiger partial charge in [-0.1, -0.05) is 27.7 Å². The average Bonchev–Trinajstić information content (AvgIpc) is 2.13. The molecule has 0 spiro atoms. The minimum atomic E-state index is -4.05. The third-order valence-electron chi connectivity index (χ3n) is 2.59. The zero-order valence-electron chi connectivity index (χ0n) is 13.7. The fourth-order valence-electron chi connectivity index (χ4n) is 1.56. The van der Waals surface area contributed by atoms with Crippen LogP contribution in [0.3, 0.4) is 0 Å². The van der Waals surface area contributed by atoms with E-state index in [1.165, 1.54) is 13.8 Å². The summed E-state index contributed by atoms with van der Waals surface area (Å²) in [5, 5.41) is -1.49. The van der Waals surface area contributed by atoms with E-state index in [4.69, 9.17) is 0 Å². The number of hydrogen-bond acceptors (Lipinski definition) is 6. The van der Waals surface area contributed by atoms with Crippen molar-refractivity contribution in [2.24, 2.45) is 11.8 Å². The predicted octanol–water partition coefficient (Wildman–Crippen LogP) is 1.55. The normalized spacial score (nSPS) is 15.0. The molecule has 21 heavy (non-hydrogen) atoms. The molecule has 0 rings (SSSR count). The van der Waals surface area contributed by atoms with Crippen molar-refractivity contribution in [3.63, 3.8) is 0 Å². The zero-order chi connectivity index (χ0) is 16.7. The van der Waals surface area contributed by atoms with E-state index >= 15 is 0 Å². The fourth-order valence-corrected chi connectivity index (χ4v) is 2.80. The van der Waals surface area contributed by atoms with Crippen LogP contribution in [0.4, 0.5) is 0 Å². The van der Waals surface area contributed by atoms with Crippen LogP contribution in [0.15, 0.2) is 0 Å². The first-order chi connectivity index (χ1) is 8.67. The van der Waals surface area contributed by atoms with Crippen LogP contribution in [0.25, 0.3) is 0 Å². The molecule has 0 unspecified atom stereocenters. The molecule has 0 fully saturated rings. The molecule has 0 bridgehead atoms. The Morgan fingerprint density at radius 1 is 0.667 bits per heavy atom. The van der Waals surface area contributed by atoms with E-state index in [1.807, 2.05) is 27.7 Å². The van der Waals surface area contributed by atoms with Gasteiger partial charge < -0.3 is 9.11 Å². The Hall–Kier alpha value is 1.39. The van der Waals surface area contributed by atoms with Gasteiger partial charge in [-0.2, -0.15) is 0 Å². The Bertz CT molecular complexity index is 412. The van der Waals surface area contributed by atoms with Crippen molar-refractivity contribution in [3.05, 3.63) is 0 Å². The molecule has 0 aromatic carbocycles. The standard InChI is InChI=1S/2C6H14O3S.Ba/c2*1-5(2)4-6(3)10(7,8)9;/h2*5-6H,4H2,1-3H3,(H,7,8,9);/q;;+2/p-2/t2*6-;/m00./s1. The van der Waals surface area contributed by atoms with Gasteiger partial charge in [-0.25, -0.2) is 16.8 Å². The summed E-state index contributed by atoms with van der Waals surface area (Å²) >= 11 is 0. The molecule has 6 nitrogen and oxygen atoms in total. The van der Waals surface area contributed by atoms with Crippen LogP contribution in [0.1, 0.15) is 54.4 Å². The van der Waals surface area contributed by atoms with Gasteiger partial charge in [-0.3, -0.25) is 0 Å². The summed E-state index contributed by atoms with van der Waals surface area (Å²) in [6.45, 7) is 10.5. The Morgan fingerprint density at radius 3 is 0.905 bits per heavy atom. The Balaban J connectivity index is -0.000000295. The van der Waals surface area contributed by atoms with Gasteiger partial charge in [-0.05, 0) is 38.5 Å². The third-order valence-corrected chi connectivity index (χ3v) is 4.95. The molecule has 0 aliphatic carbocycles. The zero-order valence-corrected chi connectivity index (χ0v) is 19.8. The maximum atomic E-state index is 10.3. The maximum Gasteiger partial charge on any atom is 2.00 e. The van der Waals surface area contributed by atoms with Gasteiger partial charge in [0, 0.05) is 10.5 Å². The molecule has 0 amide bonds. The summed E-state index contributed by atoms with van der Waals surface area (Å²) < 4.78 is 61.9. The van der Waals surface area contributed by atoms with E-state index < -0.39 is 30.7 Å². The summed E-state index contributed by atoms with van der Waals surface area (Å²) in [7, 11) is -8.10. The summed E-state index contributed by atoms with van der Waals surface area (Å²) in [4.78, 5) is 0. The van der Waals surface area contributed by atoms with E-state index in [1.54, 1.807) is 0 Å². The topological polar surface area (TPSA) is 114 Å². The van der Waals surface area contributed by atoms with E-state index in [0.717, 1.165) is 0 Å². The Morgan fingerprint density at radius 2 is 0.857 bits per heavy atom. The third kappa shape index (κ3) is 17.6. The second kappa shape index (κ2) is 11.9. The van der Waals surface area contributed by atoms with Crippen LogP contribution in [-0.2, 0) is 20.2 Å². The van der Waals surface area contributed by atoms with Crippen molar-refractivity contribution in [1.29, 1.82) is 0 Å². The first-order valence-corrected chi connectivity index (χ1v) is 9.51. The summed E-state index contributed by atoms with van der Waals surface area (Å²) in [5.74, 6) is 0.525. The van der Waals surface area contributed by atoms with Crippen LogP contribution in [-0.4, -0.2) is 85.3 Å². The average molecular weight is 468 g/mol. The van der Waals surface area contributed by atoms with Crippen LogP contribution in [0.5, 0.6) is 0 Å². The van der Waals surface area contributed by atoms with Gasteiger partial charge in [0.25, 0.3) is 0 Å². The number of hydrogen-bond donors (Lipinski definition) is 0. The van der Waals surface area contributed by atoms with E-state index in [-0.39, 0.29) is 60.7 Å². The molecule has 0 N–H and O–H groups in total. The summed E-state index contributed by atoms with van der Waals surface area (Å²) in [6.07, 6.45) is 0.900. The van der Waals surface area contributed by atoms with Crippen LogP contribution in [0.2, 0.25) is 0 Å². The quantitative estimate of drug-likeness (QED) is 0.432. The van der Waals surface area contributed by atoms with Gasteiger partial charge in [0.05, 0.1) is 20.2 Å². The van der Waals surface area contributed by atoms with Crippen molar-refractivity contribution >= 4 is 69.1 Å². The number of rotatable bonds is 6. The van der Waals surface area contributed by atoms with Gasteiger partial charge >= 0.3 is 48.9 Å². The molecule has 0 saturated heterocycles. The Kier molecular flexibility index (Phi) is 15.4. The second-order valence-corrected chi connectivity index (χ2v) is 9.45. The van der Waals surface area contributed by atoms with Crippen LogP contribution < -0.4 is 0 Å². The van der Waals surface area contributed by atoms with Gasteiger partial charge in [0.1, 0.15) is 0 Å². The first-order valence-electron chi connectivity index (χ1n) is 6.57. The molecule has 0 aromatic heterocycles. The molecular formula is C12H26BaO6S2. The monoisotopic (exact) mass is 468 g/mol. The maximum absolute atomic E-state index is 10.3. The van der Waals surface area contributed by atoms with Crippen molar-refractivity contribution in [1.82, 2.24) is 0 Å². The molecule has 9 heteroatoms. The van der Waals surface area contributed by atoms with Crippen molar-refractivity contribution < 1.29 is 25.9 Å². The first kappa shape index (κ1) is 27.2. The smallest absolute Gasteiger partial charge is 0.748 e. The van der Waals surface area contributed by atoms with Gasteiger partial charge in [-0.15, -0.1) is 0 Å². The molecular weight excluding hydrogens is 442 g/mol. The molecule has 0 aromatic rings. The fraction of sp³-hybridized carbons (Fsp3) is 1.00. The minimum absolute atomic E-state index is 0. The van der Waals surface area contributed by atoms with Crippen LogP contribution in [0, 0.1) is 11.8 Å².